The lowest BCUT2D eigenvalue weighted by Gasteiger charge is -2.21. The van der Waals surface area contributed by atoms with Crippen molar-refractivity contribution in [3.8, 4) is 0 Å². The van der Waals surface area contributed by atoms with Gasteiger partial charge in [-0.25, -0.2) is 9.13 Å². The first-order chi connectivity index (χ1) is 52.7. The molecule has 642 valence electrons. The molecule has 0 amide bonds. The Kier molecular flexibility index (Phi) is 81.5. The van der Waals surface area contributed by atoms with Gasteiger partial charge in [-0.15, -0.1) is 0 Å². The summed E-state index contributed by atoms with van der Waals surface area (Å²) in [4.78, 5) is 73.4. The summed E-state index contributed by atoms with van der Waals surface area (Å²) in [5.74, 6) is -2.09. The first-order valence-corrected chi connectivity index (χ1v) is 49.3. The van der Waals surface area contributed by atoms with Crippen LogP contribution in [0, 0.1) is 0 Å². The number of carbonyl (C=O) groups is 4. The van der Waals surface area contributed by atoms with E-state index >= 15 is 0 Å². The van der Waals surface area contributed by atoms with E-state index in [0.717, 1.165) is 89.9 Å². The molecule has 19 heteroatoms. The molecule has 0 aliphatic rings. The largest absolute Gasteiger partial charge is 0.472 e. The van der Waals surface area contributed by atoms with E-state index in [1.807, 2.05) is 0 Å². The van der Waals surface area contributed by atoms with Gasteiger partial charge in [-0.1, -0.05) is 439 Å². The Morgan fingerprint density at radius 2 is 0.370 bits per heavy atom. The molecule has 0 heterocycles. The van der Waals surface area contributed by atoms with Crippen LogP contribution in [0.3, 0.4) is 0 Å². The second-order valence-electron chi connectivity index (χ2n) is 32.0. The Balaban J connectivity index is 5.25. The standard InChI is InChI=1S/C89H174O17P2/c1-5-9-13-17-21-25-29-33-36-39-41-43-45-48-52-56-60-64-68-72-76-89(94)106-85(80-100-87(92)74-70-66-62-58-54-50-47-44-42-40-37-34-30-26-22-18-14-10-6-2)82-104-108(97,98)102-78-83(90)77-101-107(95,96)103-81-84(79-99-86(91)73-69-65-61-57-53-49-32-28-24-20-16-12-8-4)105-88(93)75-71-67-63-59-55-51-46-38-35-31-27-23-19-15-11-7-3/h83-85,90H,5-82H2,1-4H3,(H,95,96)(H,97,98)/t83-,84+,85+/m0/s1. The van der Waals surface area contributed by atoms with E-state index in [1.165, 1.54) is 321 Å². The zero-order valence-electron chi connectivity index (χ0n) is 70.8. The number of aliphatic hydroxyl groups is 1. The molecule has 0 radical (unpaired) electrons. The first-order valence-electron chi connectivity index (χ1n) is 46.3. The second-order valence-corrected chi connectivity index (χ2v) is 34.9. The number of carbonyl (C=O) groups excluding carboxylic acids is 4. The summed E-state index contributed by atoms with van der Waals surface area (Å²) in [7, 11) is -9.93. The molecule has 0 saturated heterocycles. The Morgan fingerprint density at radius 1 is 0.222 bits per heavy atom. The highest BCUT2D eigenvalue weighted by Crippen LogP contribution is 2.45. The predicted molar refractivity (Wildman–Crippen MR) is 446 cm³/mol. The Bertz CT molecular complexity index is 2030. The van der Waals surface area contributed by atoms with Gasteiger partial charge in [-0.3, -0.25) is 37.3 Å². The van der Waals surface area contributed by atoms with Crippen molar-refractivity contribution in [2.24, 2.45) is 0 Å². The highest BCUT2D eigenvalue weighted by atomic mass is 31.2. The quantitative estimate of drug-likeness (QED) is 0.0222. The smallest absolute Gasteiger partial charge is 0.462 e. The third-order valence-electron chi connectivity index (χ3n) is 21.1. The van der Waals surface area contributed by atoms with Gasteiger partial charge < -0.3 is 33.8 Å². The molecule has 0 aliphatic carbocycles. The highest BCUT2D eigenvalue weighted by molar-refractivity contribution is 7.47. The zero-order chi connectivity index (χ0) is 78.9. The van der Waals surface area contributed by atoms with Gasteiger partial charge in [0.25, 0.3) is 0 Å². The third-order valence-corrected chi connectivity index (χ3v) is 23.0. The summed E-state index contributed by atoms with van der Waals surface area (Å²) in [5, 5.41) is 10.7. The van der Waals surface area contributed by atoms with Gasteiger partial charge in [0.1, 0.15) is 19.3 Å². The van der Waals surface area contributed by atoms with Gasteiger partial charge in [-0.2, -0.15) is 0 Å². The Morgan fingerprint density at radius 3 is 0.546 bits per heavy atom. The summed E-state index contributed by atoms with van der Waals surface area (Å²) in [6.07, 6.45) is 79.1. The lowest BCUT2D eigenvalue weighted by Crippen LogP contribution is -2.30. The van der Waals surface area contributed by atoms with Gasteiger partial charge in [0.2, 0.25) is 0 Å². The number of hydrogen-bond donors (Lipinski definition) is 3. The summed E-state index contributed by atoms with van der Waals surface area (Å²) in [6.45, 7) is 5.09. The van der Waals surface area contributed by atoms with Crippen LogP contribution in [-0.2, 0) is 65.4 Å². The molecule has 2 unspecified atom stereocenters. The van der Waals surface area contributed by atoms with Crippen molar-refractivity contribution in [3.05, 3.63) is 0 Å². The maximum absolute atomic E-state index is 13.2. The fraction of sp³-hybridized carbons (Fsp3) is 0.955. The van der Waals surface area contributed by atoms with E-state index in [4.69, 9.17) is 37.0 Å². The highest BCUT2D eigenvalue weighted by Gasteiger charge is 2.30. The molecule has 0 aromatic heterocycles. The molecule has 0 saturated carbocycles. The summed E-state index contributed by atoms with van der Waals surface area (Å²) in [6, 6.07) is 0. The van der Waals surface area contributed by atoms with E-state index in [1.54, 1.807) is 0 Å². The van der Waals surface area contributed by atoms with Crippen LogP contribution >= 0.6 is 15.6 Å². The first kappa shape index (κ1) is 106. The number of aliphatic hydroxyl groups excluding tert-OH is 1. The zero-order valence-corrected chi connectivity index (χ0v) is 72.6. The van der Waals surface area contributed by atoms with E-state index in [-0.39, 0.29) is 25.7 Å². The van der Waals surface area contributed by atoms with Crippen molar-refractivity contribution < 1.29 is 80.2 Å². The normalized spacial score (nSPS) is 13.7. The molecule has 0 spiro atoms. The van der Waals surface area contributed by atoms with Crippen LogP contribution < -0.4 is 0 Å². The topological polar surface area (TPSA) is 237 Å². The minimum Gasteiger partial charge on any atom is -0.462 e. The maximum Gasteiger partial charge on any atom is 0.472 e. The van der Waals surface area contributed by atoms with E-state index in [2.05, 4.69) is 27.7 Å². The number of hydrogen-bond acceptors (Lipinski definition) is 15. The minimum atomic E-state index is -4.97. The van der Waals surface area contributed by atoms with Crippen LogP contribution in [0.5, 0.6) is 0 Å². The molecular weight excluding hydrogens is 1400 g/mol. The molecule has 108 heavy (non-hydrogen) atoms. The molecule has 0 aromatic rings. The van der Waals surface area contributed by atoms with Crippen molar-refractivity contribution >= 4 is 39.5 Å². The average Bonchev–Trinajstić information content (AvgIpc) is 0.907. The predicted octanol–water partition coefficient (Wildman–Crippen LogP) is 27.7. The SMILES string of the molecule is CCCCCCCCCCCCCCCCCCCCCCC(=O)O[C@H](COC(=O)CCCCCCCCCCCCCCCCCCCCC)COP(=O)(O)OC[C@@H](O)COP(=O)(O)OC[C@@H](COC(=O)CCCCCCCCCCCCCCC)OC(=O)CCCCCCCCCCCCCCCCCC. The number of rotatable bonds is 90. The molecule has 3 N–H and O–H groups in total. The fourth-order valence-corrected chi connectivity index (χ4v) is 15.6. The molecule has 0 bridgehead atoms. The third kappa shape index (κ3) is 82.1. The van der Waals surface area contributed by atoms with Gasteiger partial charge in [0.15, 0.2) is 12.2 Å². The lowest BCUT2D eigenvalue weighted by molar-refractivity contribution is -0.161. The number of unbranched alkanes of at least 4 members (excludes halogenated alkanes) is 64. The second kappa shape index (κ2) is 83.0. The number of phosphoric acid groups is 2. The molecule has 0 fully saturated rings. The number of esters is 4. The molecule has 5 atom stereocenters. The van der Waals surface area contributed by atoms with Gasteiger partial charge in [0, 0.05) is 25.7 Å². The number of ether oxygens (including phenoxy) is 4. The van der Waals surface area contributed by atoms with Crippen LogP contribution in [0.25, 0.3) is 0 Å². The van der Waals surface area contributed by atoms with Crippen molar-refractivity contribution in [2.45, 2.75) is 508 Å². The van der Waals surface area contributed by atoms with Crippen LogP contribution in [0.1, 0.15) is 490 Å². The van der Waals surface area contributed by atoms with E-state index in [9.17, 15) is 43.2 Å². The Labute approximate surface area is 664 Å². The molecule has 17 nitrogen and oxygen atoms in total. The number of phosphoric ester groups is 2. The van der Waals surface area contributed by atoms with Crippen molar-refractivity contribution in [3.63, 3.8) is 0 Å². The molecule has 0 aliphatic heterocycles. The van der Waals surface area contributed by atoms with Crippen LogP contribution in [-0.4, -0.2) is 96.7 Å². The van der Waals surface area contributed by atoms with Crippen LogP contribution in [0.2, 0.25) is 0 Å². The van der Waals surface area contributed by atoms with Crippen LogP contribution in [0.15, 0.2) is 0 Å². The summed E-state index contributed by atoms with van der Waals surface area (Å²) in [5.41, 5.74) is 0. The molecule has 0 aromatic carbocycles. The van der Waals surface area contributed by atoms with Crippen LogP contribution in [0.4, 0.5) is 0 Å². The maximum atomic E-state index is 13.2. The van der Waals surface area contributed by atoms with Gasteiger partial charge in [0.05, 0.1) is 26.4 Å². The summed E-state index contributed by atoms with van der Waals surface area (Å²) >= 11 is 0. The fourth-order valence-electron chi connectivity index (χ4n) is 14.1. The summed E-state index contributed by atoms with van der Waals surface area (Å²) < 4.78 is 69.0. The van der Waals surface area contributed by atoms with E-state index < -0.39 is 97.5 Å². The average molecular weight is 1580 g/mol. The van der Waals surface area contributed by atoms with Gasteiger partial charge in [-0.05, 0) is 25.7 Å². The van der Waals surface area contributed by atoms with Crippen molar-refractivity contribution in [1.29, 1.82) is 0 Å². The van der Waals surface area contributed by atoms with E-state index in [0.29, 0.717) is 25.7 Å². The van der Waals surface area contributed by atoms with Gasteiger partial charge >= 0.3 is 39.5 Å². The van der Waals surface area contributed by atoms with Crippen molar-refractivity contribution in [1.82, 2.24) is 0 Å². The molecule has 0 rings (SSSR count). The minimum absolute atomic E-state index is 0.110. The molecular formula is C89H174O17P2. The Hall–Kier alpha value is -1.94. The van der Waals surface area contributed by atoms with Crippen molar-refractivity contribution in [2.75, 3.05) is 39.6 Å². The lowest BCUT2D eigenvalue weighted by atomic mass is 10.0. The monoisotopic (exact) mass is 1580 g/mol.